The van der Waals surface area contributed by atoms with Gasteiger partial charge in [-0.3, -0.25) is 4.79 Å². The van der Waals surface area contributed by atoms with Gasteiger partial charge >= 0.3 is 5.97 Å². The number of rotatable bonds is 9. The van der Waals surface area contributed by atoms with Gasteiger partial charge in [0.2, 0.25) is 0 Å². The number of nitrogens with one attached hydrogen (secondary N) is 1. The molecule has 5 heteroatoms. The van der Waals surface area contributed by atoms with E-state index in [1.807, 2.05) is 30.3 Å². The minimum Gasteiger partial charge on any atom is -0.479 e. The van der Waals surface area contributed by atoms with E-state index < -0.39 is 0 Å². The standard InChI is InChI=1S/C15H20N2O3/c1-2-19-15(18)4-3-10-17-12-13-5-7-14(8-6-13)20-11-9-16/h5-8,17H,2-4,10-12H2,1H3. The fourth-order valence-corrected chi connectivity index (χ4v) is 1.64. The Hall–Kier alpha value is -2.06. The molecule has 5 nitrogen and oxygen atoms in total. The van der Waals surface area contributed by atoms with Crippen LogP contribution in [0.2, 0.25) is 0 Å². The molecule has 20 heavy (non-hydrogen) atoms. The molecular formula is C15H20N2O3. The highest BCUT2D eigenvalue weighted by atomic mass is 16.5. The molecule has 0 fully saturated rings. The number of nitriles is 1. The zero-order valence-electron chi connectivity index (χ0n) is 11.7. The summed E-state index contributed by atoms with van der Waals surface area (Å²) in [4.78, 5) is 11.1. The van der Waals surface area contributed by atoms with Gasteiger partial charge in [-0.1, -0.05) is 12.1 Å². The van der Waals surface area contributed by atoms with E-state index in [0.29, 0.717) is 18.8 Å². The molecule has 0 aliphatic carbocycles. The lowest BCUT2D eigenvalue weighted by molar-refractivity contribution is -0.143. The van der Waals surface area contributed by atoms with Crippen LogP contribution in [-0.2, 0) is 16.1 Å². The van der Waals surface area contributed by atoms with Crippen molar-refractivity contribution in [3.05, 3.63) is 29.8 Å². The van der Waals surface area contributed by atoms with Gasteiger partial charge in [-0.05, 0) is 37.6 Å². The van der Waals surface area contributed by atoms with Gasteiger partial charge in [0.05, 0.1) is 6.61 Å². The molecule has 108 valence electrons. The topological polar surface area (TPSA) is 71.3 Å². The van der Waals surface area contributed by atoms with Gasteiger partial charge in [-0.15, -0.1) is 0 Å². The Balaban J connectivity index is 2.16. The molecule has 0 saturated carbocycles. The maximum Gasteiger partial charge on any atom is 0.305 e. The van der Waals surface area contributed by atoms with E-state index in [2.05, 4.69) is 5.32 Å². The van der Waals surface area contributed by atoms with Crippen LogP contribution >= 0.6 is 0 Å². The average Bonchev–Trinajstić information content (AvgIpc) is 2.46. The SMILES string of the molecule is CCOC(=O)CCCNCc1ccc(OCC#N)cc1. The Morgan fingerprint density at radius 3 is 2.75 bits per heavy atom. The van der Waals surface area contributed by atoms with Crippen molar-refractivity contribution in [2.75, 3.05) is 19.8 Å². The molecule has 1 aromatic rings. The van der Waals surface area contributed by atoms with Crippen molar-refractivity contribution in [2.45, 2.75) is 26.3 Å². The number of carbonyl (C=O) groups excluding carboxylic acids is 1. The van der Waals surface area contributed by atoms with Gasteiger partial charge in [0.25, 0.3) is 0 Å². The van der Waals surface area contributed by atoms with Crippen molar-refractivity contribution >= 4 is 5.97 Å². The third kappa shape index (κ3) is 6.76. The summed E-state index contributed by atoms with van der Waals surface area (Å²) < 4.78 is 10.0. The lowest BCUT2D eigenvalue weighted by atomic mass is 10.2. The number of hydrogen-bond acceptors (Lipinski definition) is 5. The Labute approximate surface area is 119 Å². The Bertz CT molecular complexity index is 437. The van der Waals surface area contributed by atoms with Crippen LogP contribution in [0.5, 0.6) is 5.75 Å². The van der Waals surface area contributed by atoms with Crippen molar-refractivity contribution in [3.63, 3.8) is 0 Å². The van der Waals surface area contributed by atoms with Crippen molar-refractivity contribution in [3.8, 4) is 11.8 Å². The largest absolute Gasteiger partial charge is 0.479 e. The summed E-state index contributed by atoms with van der Waals surface area (Å²) in [6.07, 6.45) is 1.21. The zero-order valence-corrected chi connectivity index (χ0v) is 11.7. The summed E-state index contributed by atoms with van der Waals surface area (Å²) in [6, 6.07) is 9.50. The second-order valence-electron chi connectivity index (χ2n) is 4.18. The molecule has 0 saturated heterocycles. The monoisotopic (exact) mass is 276 g/mol. The van der Waals surface area contributed by atoms with Crippen LogP contribution in [0.1, 0.15) is 25.3 Å². The summed E-state index contributed by atoms with van der Waals surface area (Å²) in [7, 11) is 0. The number of carbonyl (C=O) groups is 1. The molecule has 1 aromatic carbocycles. The first-order valence-electron chi connectivity index (χ1n) is 6.71. The Morgan fingerprint density at radius 1 is 1.35 bits per heavy atom. The molecule has 0 amide bonds. The second kappa shape index (κ2) is 9.82. The van der Waals surface area contributed by atoms with Gasteiger partial charge in [-0.2, -0.15) is 5.26 Å². The maximum atomic E-state index is 11.1. The van der Waals surface area contributed by atoms with Gasteiger partial charge in [0.15, 0.2) is 6.61 Å². The molecule has 0 atom stereocenters. The number of ether oxygens (including phenoxy) is 2. The van der Waals surface area contributed by atoms with Crippen LogP contribution in [0.15, 0.2) is 24.3 Å². The highest BCUT2D eigenvalue weighted by Gasteiger charge is 2.00. The van der Waals surface area contributed by atoms with Gasteiger partial charge in [0, 0.05) is 13.0 Å². The summed E-state index contributed by atoms with van der Waals surface area (Å²) in [5.41, 5.74) is 1.13. The average molecular weight is 276 g/mol. The van der Waals surface area contributed by atoms with Crippen molar-refractivity contribution in [1.29, 1.82) is 5.26 Å². The number of nitrogens with zero attached hydrogens (tertiary/aromatic N) is 1. The first-order chi connectivity index (χ1) is 9.76. The maximum absolute atomic E-state index is 11.1. The minimum absolute atomic E-state index is 0.0610. The molecular weight excluding hydrogens is 256 g/mol. The van der Waals surface area contributed by atoms with Crippen molar-refractivity contribution in [1.82, 2.24) is 5.32 Å². The summed E-state index contributed by atoms with van der Waals surface area (Å²) >= 11 is 0. The summed E-state index contributed by atoms with van der Waals surface area (Å²) in [6.45, 7) is 3.81. The van der Waals surface area contributed by atoms with Gasteiger partial charge in [-0.25, -0.2) is 0 Å². The fraction of sp³-hybridized carbons (Fsp3) is 0.467. The van der Waals surface area contributed by atoms with Crippen LogP contribution in [0.4, 0.5) is 0 Å². The van der Waals surface area contributed by atoms with Crippen LogP contribution in [0.25, 0.3) is 0 Å². The van der Waals surface area contributed by atoms with E-state index in [-0.39, 0.29) is 12.6 Å². The van der Waals surface area contributed by atoms with Gasteiger partial charge in [0.1, 0.15) is 11.8 Å². The molecule has 0 aromatic heterocycles. The molecule has 0 spiro atoms. The van der Waals surface area contributed by atoms with E-state index in [0.717, 1.165) is 25.1 Å². The third-order valence-electron chi connectivity index (χ3n) is 2.60. The smallest absolute Gasteiger partial charge is 0.305 e. The molecule has 0 bridgehead atoms. The molecule has 1 rings (SSSR count). The first kappa shape index (κ1) is 16.0. The number of hydrogen-bond donors (Lipinski definition) is 1. The zero-order chi connectivity index (χ0) is 14.6. The molecule has 0 radical (unpaired) electrons. The quantitative estimate of drug-likeness (QED) is 0.552. The minimum atomic E-state index is -0.145. The lowest BCUT2D eigenvalue weighted by Gasteiger charge is -2.06. The third-order valence-corrected chi connectivity index (χ3v) is 2.60. The second-order valence-corrected chi connectivity index (χ2v) is 4.18. The molecule has 0 heterocycles. The molecule has 1 N–H and O–H groups in total. The van der Waals surface area contributed by atoms with Crippen LogP contribution in [0.3, 0.4) is 0 Å². The first-order valence-corrected chi connectivity index (χ1v) is 6.71. The van der Waals surface area contributed by atoms with E-state index in [4.69, 9.17) is 14.7 Å². The van der Waals surface area contributed by atoms with Gasteiger partial charge < -0.3 is 14.8 Å². The summed E-state index contributed by atoms with van der Waals surface area (Å²) in [5, 5.41) is 11.7. The highest BCUT2D eigenvalue weighted by molar-refractivity contribution is 5.69. The van der Waals surface area contributed by atoms with E-state index in [9.17, 15) is 4.79 Å². The highest BCUT2D eigenvalue weighted by Crippen LogP contribution is 2.11. The van der Waals surface area contributed by atoms with E-state index in [1.54, 1.807) is 6.92 Å². The Kier molecular flexibility index (Phi) is 7.85. The van der Waals surface area contributed by atoms with Crippen LogP contribution < -0.4 is 10.1 Å². The van der Waals surface area contributed by atoms with Crippen LogP contribution in [-0.4, -0.2) is 25.7 Å². The van der Waals surface area contributed by atoms with Crippen molar-refractivity contribution < 1.29 is 14.3 Å². The molecule has 0 aliphatic heterocycles. The lowest BCUT2D eigenvalue weighted by Crippen LogP contribution is -2.16. The predicted molar refractivity (Wildman–Crippen MR) is 75.1 cm³/mol. The summed E-state index contributed by atoms with van der Waals surface area (Å²) in [5.74, 6) is 0.547. The van der Waals surface area contributed by atoms with Crippen LogP contribution in [0, 0.1) is 11.3 Å². The Morgan fingerprint density at radius 2 is 2.10 bits per heavy atom. The predicted octanol–water partition coefficient (Wildman–Crippen LogP) is 2.02. The van der Waals surface area contributed by atoms with Crippen molar-refractivity contribution in [2.24, 2.45) is 0 Å². The number of benzene rings is 1. The van der Waals surface area contributed by atoms with E-state index in [1.165, 1.54) is 0 Å². The van der Waals surface area contributed by atoms with E-state index >= 15 is 0 Å². The number of esters is 1. The fourth-order valence-electron chi connectivity index (χ4n) is 1.64. The normalized spacial score (nSPS) is 9.80. The molecule has 0 unspecified atom stereocenters. The molecule has 0 aliphatic rings.